The van der Waals surface area contributed by atoms with Gasteiger partial charge in [0.2, 0.25) is 0 Å². The zero-order chi connectivity index (χ0) is 23.6. The zero-order valence-electron chi connectivity index (χ0n) is 18.7. The number of allylic oxidation sites excluding steroid dienone is 1. The van der Waals surface area contributed by atoms with Gasteiger partial charge in [-0.25, -0.2) is 5.43 Å². The van der Waals surface area contributed by atoms with Crippen LogP contribution in [0.2, 0.25) is 0 Å². The summed E-state index contributed by atoms with van der Waals surface area (Å²) in [4.78, 5) is 24.8. The maximum absolute atomic E-state index is 12.5. The Kier molecular flexibility index (Phi) is 8.60. The van der Waals surface area contributed by atoms with Crippen molar-refractivity contribution in [2.24, 2.45) is 5.10 Å². The lowest BCUT2D eigenvalue weighted by molar-refractivity contribution is -0.120. The van der Waals surface area contributed by atoms with E-state index in [0.29, 0.717) is 30.1 Å². The van der Waals surface area contributed by atoms with E-state index in [2.05, 4.69) is 28.5 Å². The van der Waals surface area contributed by atoms with Crippen molar-refractivity contribution in [3.8, 4) is 11.5 Å². The van der Waals surface area contributed by atoms with Crippen LogP contribution >= 0.6 is 11.3 Å². The molecule has 0 fully saturated rings. The number of carbonyl (C=O) groups is 2. The van der Waals surface area contributed by atoms with E-state index in [1.807, 2.05) is 36.6 Å². The van der Waals surface area contributed by atoms with Crippen molar-refractivity contribution in [2.45, 2.75) is 19.8 Å². The molecule has 1 aromatic heterocycles. The van der Waals surface area contributed by atoms with Gasteiger partial charge in [0, 0.05) is 26.6 Å². The van der Waals surface area contributed by atoms with Crippen molar-refractivity contribution in [3.63, 3.8) is 0 Å². The molecule has 0 aliphatic carbocycles. The lowest BCUT2D eigenvalue weighted by atomic mass is 10.0. The van der Waals surface area contributed by atoms with Crippen LogP contribution in [0.15, 0.2) is 65.6 Å². The number of hydrogen-bond donors (Lipinski definition) is 2. The van der Waals surface area contributed by atoms with E-state index in [9.17, 15) is 9.59 Å². The number of methoxy groups -OCH3 is 1. The van der Waals surface area contributed by atoms with E-state index in [1.54, 1.807) is 29.5 Å². The van der Waals surface area contributed by atoms with E-state index < -0.39 is 11.8 Å². The van der Waals surface area contributed by atoms with Gasteiger partial charge < -0.3 is 14.8 Å². The number of nitrogens with zero attached hydrogens (tertiary/aromatic N) is 1. The average molecular weight is 466 g/mol. The van der Waals surface area contributed by atoms with Crippen LogP contribution in [0.25, 0.3) is 10.1 Å². The van der Waals surface area contributed by atoms with Gasteiger partial charge in [0.05, 0.1) is 26.0 Å². The second-order valence-corrected chi connectivity index (χ2v) is 7.96. The van der Waals surface area contributed by atoms with Crippen LogP contribution in [0.5, 0.6) is 11.5 Å². The molecule has 0 aliphatic rings. The molecule has 3 aromatic rings. The average Bonchev–Trinajstić information content (AvgIpc) is 3.27. The number of nitrogens with one attached hydrogen (secondary N) is 2. The molecule has 0 saturated carbocycles. The highest BCUT2D eigenvalue weighted by atomic mass is 32.1. The number of rotatable bonds is 11. The normalized spacial score (nSPS) is 11.2. The molecule has 0 radical (unpaired) electrons. The Bertz CT molecular complexity index is 1170. The molecule has 0 atom stereocenters. The number of amides is 2. The number of hydrogen-bond acceptors (Lipinski definition) is 6. The summed E-state index contributed by atoms with van der Waals surface area (Å²) in [6.45, 7) is 5.91. The third-order valence-corrected chi connectivity index (χ3v) is 5.79. The fourth-order valence-corrected chi connectivity index (χ4v) is 4.18. The number of benzene rings is 2. The molecule has 0 unspecified atom stereocenters. The number of fused-ring (bicyclic) bond motifs is 1. The Balaban J connectivity index is 1.65. The van der Waals surface area contributed by atoms with E-state index in [4.69, 9.17) is 9.47 Å². The Hall–Kier alpha value is -3.65. The minimum absolute atomic E-state index is 0.211. The fraction of sp³-hybridized carbons (Fsp3) is 0.240. The summed E-state index contributed by atoms with van der Waals surface area (Å²) in [5, 5.41) is 10.1. The molecule has 1 heterocycles. The number of ether oxygens (including phenoxy) is 2. The largest absolute Gasteiger partial charge is 0.493 e. The van der Waals surface area contributed by atoms with Crippen LogP contribution in [-0.2, 0) is 4.79 Å². The molecule has 2 N–H and O–H groups in total. The van der Waals surface area contributed by atoms with Crippen LogP contribution in [0.3, 0.4) is 0 Å². The molecule has 0 saturated heterocycles. The lowest BCUT2D eigenvalue weighted by Crippen LogP contribution is -2.35. The van der Waals surface area contributed by atoms with Crippen LogP contribution in [0, 0.1) is 0 Å². The summed E-state index contributed by atoms with van der Waals surface area (Å²) in [6, 6.07) is 12.9. The van der Waals surface area contributed by atoms with Gasteiger partial charge >= 0.3 is 0 Å². The first-order valence-electron chi connectivity index (χ1n) is 10.6. The third kappa shape index (κ3) is 6.20. The Labute approximate surface area is 197 Å². The topological polar surface area (TPSA) is 89.0 Å². The first-order valence-corrected chi connectivity index (χ1v) is 11.5. The van der Waals surface area contributed by atoms with E-state index in [-0.39, 0.29) is 6.54 Å². The van der Waals surface area contributed by atoms with E-state index in [0.717, 1.165) is 27.8 Å². The molecule has 0 bridgehead atoms. The van der Waals surface area contributed by atoms with Gasteiger partial charge in [-0.1, -0.05) is 24.3 Å². The van der Waals surface area contributed by atoms with Crippen LogP contribution < -0.4 is 20.2 Å². The molecule has 33 heavy (non-hydrogen) atoms. The number of hydrazone groups is 1. The first kappa shape index (κ1) is 24.0. The molecule has 172 valence electrons. The van der Waals surface area contributed by atoms with Gasteiger partial charge in [0.1, 0.15) is 0 Å². The van der Waals surface area contributed by atoms with E-state index in [1.165, 1.54) is 7.11 Å². The zero-order valence-corrected chi connectivity index (χ0v) is 19.5. The molecular weight excluding hydrogens is 438 g/mol. The Morgan fingerprint density at radius 1 is 1.18 bits per heavy atom. The standard InChI is InChI=1S/C25H27N3O4S/c1-4-6-10-20(19-16-33-23-11-8-7-9-18(19)23)27-28-24(29)15-26-25(30)17-12-13-21(32-5-2)22(14-17)31-3/h4,7-9,11-14,16H,1,5-6,10,15H2,2-3H3,(H,26,30)(H,28,29)/b27-20-. The van der Waals surface area contributed by atoms with Crippen molar-refractivity contribution in [1.29, 1.82) is 0 Å². The van der Waals surface area contributed by atoms with Gasteiger partial charge in [0.25, 0.3) is 11.8 Å². The molecular formula is C25H27N3O4S. The smallest absolute Gasteiger partial charge is 0.259 e. The quantitative estimate of drug-likeness (QED) is 0.247. The summed E-state index contributed by atoms with van der Waals surface area (Å²) in [6.07, 6.45) is 3.19. The Morgan fingerprint density at radius 2 is 2.00 bits per heavy atom. The van der Waals surface area contributed by atoms with Crippen LogP contribution in [0.1, 0.15) is 35.7 Å². The first-order chi connectivity index (χ1) is 16.1. The second-order valence-electron chi connectivity index (χ2n) is 7.05. The molecule has 8 heteroatoms. The van der Waals surface area contributed by atoms with Crippen molar-refractivity contribution >= 4 is 38.9 Å². The highest BCUT2D eigenvalue weighted by Crippen LogP contribution is 2.28. The highest BCUT2D eigenvalue weighted by Gasteiger charge is 2.13. The monoisotopic (exact) mass is 465 g/mol. The Morgan fingerprint density at radius 3 is 2.76 bits per heavy atom. The molecule has 0 aliphatic heterocycles. The summed E-state index contributed by atoms with van der Waals surface area (Å²) in [5.41, 5.74) is 4.68. The fourth-order valence-electron chi connectivity index (χ4n) is 3.21. The lowest BCUT2D eigenvalue weighted by Gasteiger charge is -2.11. The predicted octanol–water partition coefficient (Wildman–Crippen LogP) is 4.53. The third-order valence-electron chi connectivity index (χ3n) is 4.83. The van der Waals surface area contributed by atoms with Crippen molar-refractivity contribution in [2.75, 3.05) is 20.3 Å². The predicted molar refractivity (Wildman–Crippen MR) is 132 cm³/mol. The maximum atomic E-state index is 12.5. The molecule has 2 aromatic carbocycles. The van der Waals surface area contributed by atoms with Gasteiger partial charge in [0.15, 0.2) is 11.5 Å². The summed E-state index contributed by atoms with van der Waals surface area (Å²) in [5.74, 6) is 0.188. The van der Waals surface area contributed by atoms with Gasteiger partial charge in [-0.15, -0.1) is 17.9 Å². The minimum Gasteiger partial charge on any atom is -0.493 e. The second kappa shape index (κ2) is 11.8. The van der Waals surface area contributed by atoms with Gasteiger partial charge in [-0.05, 0) is 44.0 Å². The number of carbonyl (C=O) groups excluding carboxylic acids is 2. The van der Waals surface area contributed by atoms with Crippen molar-refractivity contribution in [1.82, 2.24) is 10.7 Å². The molecule has 3 rings (SSSR count). The highest BCUT2D eigenvalue weighted by molar-refractivity contribution is 7.17. The van der Waals surface area contributed by atoms with Crippen LogP contribution in [-0.4, -0.2) is 37.8 Å². The maximum Gasteiger partial charge on any atom is 0.259 e. The van der Waals surface area contributed by atoms with Crippen molar-refractivity contribution < 1.29 is 19.1 Å². The van der Waals surface area contributed by atoms with Crippen molar-refractivity contribution in [3.05, 3.63) is 71.6 Å². The summed E-state index contributed by atoms with van der Waals surface area (Å²) < 4.78 is 11.9. The van der Waals surface area contributed by atoms with E-state index >= 15 is 0 Å². The van der Waals surface area contributed by atoms with Gasteiger partial charge in [-0.2, -0.15) is 5.10 Å². The number of thiophene rings is 1. The SMILES string of the molecule is C=CCC/C(=N/NC(=O)CNC(=O)c1ccc(OCC)c(OC)c1)c1csc2ccccc12. The summed E-state index contributed by atoms with van der Waals surface area (Å²) in [7, 11) is 1.51. The summed E-state index contributed by atoms with van der Waals surface area (Å²) >= 11 is 1.63. The minimum atomic E-state index is -0.420. The van der Waals surface area contributed by atoms with Crippen LogP contribution in [0.4, 0.5) is 0 Å². The molecule has 7 nitrogen and oxygen atoms in total. The molecule has 2 amide bonds. The molecule has 0 spiro atoms. The van der Waals surface area contributed by atoms with Gasteiger partial charge in [-0.3, -0.25) is 9.59 Å².